The average Bonchev–Trinajstić information content (AvgIpc) is 3.68. The summed E-state index contributed by atoms with van der Waals surface area (Å²) in [5, 5.41) is 14.4. The molecular formula is C32H24N2O2S2. The van der Waals surface area contributed by atoms with Crippen molar-refractivity contribution in [3.63, 3.8) is 0 Å². The van der Waals surface area contributed by atoms with Crippen molar-refractivity contribution in [1.29, 1.82) is 0 Å². The lowest BCUT2D eigenvalue weighted by atomic mass is 9.83. The molecule has 6 heteroatoms. The van der Waals surface area contributed by atoms with E-state index in [4.69, 9.17) is 4.98 Å². The number of nitrogens with zero attached hydrogens (tertiary/aromatic N) is 2. The van der Waals surface area contributed by atoms with Gasteiger partial charge in [0.1, 0.15) is 6.10 Å². The van der Waals surface area contributed by atoms with Crippen LogP contribution in [0, 0.1) is 0 Å². The number of thiophene rings is 2. The van der Waals surface area contributed by atoms with E-state index >= 15 is 0 Å². The number of aliphatic hydroxyl groups is 1. The smallest absolute Gasteiger partial charge is 0.193 e. The molecule has 0 radical (unpaired) electrons. The molecule has 3 heterocycles. The lowest BCUT2D eigenvalue weighted by molar-refractivity contribution is 0.102. The molecule has 0 aliphatic heterocycles. The summed E-state index contributed by atoms with van der Waals surface area (Å²) in [6.45, 7) is 4.46. The summed E-state index contributed by atoms with van der Waals surface area (Å²) in [4.78, 5) is 22.2. The maximum Gasteiger partial charge on any atom is 0.193 e. The first-order valence-electron chi connectivity index (χ1n) is 12.5. The first-order chi connectivity index (χ1) is 18.4. The normalized spacial score (nSPS) is 17.9. The minimum Gasteiger partial charge on any atom is -0.383 e. The predicted molar refractivity (Wildman–Crippen MR) is 156 cm³/mol. The van der Waals surface area contributed by atoms with Crippen LogP contribution >= 0.6 is 22.7 Å². The van der Waals surface area contributed by atoms with Gasteiger partial charge in [-0.05, 0) is 59.0 Å². The highest BCUT2D eigenvalue weighted by Crippen LogP contribution is 2.53. The van der Waals surface area contributed by atoms with Crippen molar-refractivity contribution in [3.8, 4) is 10.6 Å². The topological polar surface area (TPSA) is 53.4 Å². The van der Waals surface area contributed by atoms with Crippen LogP contribution in [0.2, 0.25) is 0 Å². The SMILES string of the molecule is CC1(C)c2cc(N(c3ccccc3)c3ccccc3)cnc2-c2sc(/C=C3/C(=O)c4cscc4C3O)cc21. The van der Waals surface area contributed by atoms with E-state index in [0.29, 0.717) is 11.1 Å². The Bertz CT molecular complexity index is 1690. The largest absolute Gasteiger partial charge is 0.383 e. The second-order valence-electron chi connectivity index (χ2n) is 10.2. The van der Waals surface area contributed by atoms with E-state index in [2.05, 4.69) is 79.4 Å². The van der Waals surface area contributed by atoms with E-state index in [-0.39, 0.29) is 11.2 Å². The van der Waals surface area contributed by atoms with Crippen LogP contribution in [-0.2, 0) is 5.41 Å². The number of aliphatic hydroxyl groups excluding tert-OH is 1. The molecule has 186 valence electrons. The molecule has 0 fully saturated rings. The third kappa shape index (κ3) is 3.45. The molecule has 0 amide bonds. The summed E-state index contributed by atoms with van der Waals surface area (Å²) in [5.74, 6) is -0.0772. The van der Waals surface area contributed by atoms with E-state index in [1.54, 1.807) is 11.3 Å². The van der Waals surface area contributed by atoms with Crippen molar-refractivity contribution in [1.82, 2.24) is 4.98 Å². The van der Waals surface area contributed by atoms with Gasteiger partial charge in [0.25, 0.3) is 0 Å². The molecule has 4 nitrogen and oxygen atoms in total. The lowest BCUT2D eigenvalue weighted by Crippen LogP contribution is -2.16. The number of rotatable bonds is 4. The number of hydrogen-bond acceptors (Lipinski definition) is 6. The highest BCUT2D eigenvalue weighted by atomic mass is 32.1. The van der Waals surface area contributed by atoms with Gasteiger partial charge >= 0.3 is 0 Å². The molecule has 3 aromatic heterocycles. The Morgan fingerprint density at radius 3 is 2.26 bits per heavy atom. The molecule has 0 saturated carbocycles. The molecule has 1 N–H and O–H groups in total. The standard InChI is InChI=1S/C32H24N2O2S2/c1-32(2)26-13-21(34(19-9-5-3-6-10-19)20-11-7-4-8-12-20)16-33-28(26)31-27(32)15-22(38-31)14-23-29(35)24-17-37-18-25(24)30(23)36/h3-18,29,35H,1-2H3/b23-14+. The number of benzene rings is 2. The first-order valence-corrected chi connectivity index (χ1v) is 14.3. The van der Waals surface area contributed by atoms with Gasteiger partial charge < -0.3 is 10.0 Å². The first kappa shape index (κ1) is 23.3. The fourth-order valence-corrected chi connectivity index (χ4v) is 7.68. The fraction of sp³-hybridized carbons (Fsp3) is 0.125. The fourth-order valence-electron chi connectivity index (χ4n) is 5.55. The molecular weight excluding hydrogens is 508 g/mol. The summed E-state index contributed by atoms with van der Waals surface area (Å²) in [6, 6.07) is 25.1. The summed E-state index contributed by atoms with van der Waals surface area (Å²) < 4.78 is 0. The number of para-hydroxylation sites is 2. The molecule has 0 saturated heterocycles. The lowest BCUT2D eigenvalue weighted by Gasteiger charge is -2.27. The van der Waals surface area contributed by atoms with Gasteiger partial charge in [0.2, 0.25) is 0 Å². The van der Waals surface area contributed by atoms with Gasteiger partial charge in [-0.2, -0.15) is 11.3 Å². The van der Waals surface area contributed by atoms with Gasteiger partial charge in [-0.25, -0.2) is 0 Å². The van der Waals surface area contributed by atoms with Crippen LogP contribution in [0.25, 0.3) is 16.6 Å². The quantitative estimate of drug-likeness (QED) is 0.237. The number of carbonyl (C=O) groups excluding carboxylic acids is 1. The predicted octanol–water partition coefficient (Wildman–Crippen LogP) is 8.29. The zero-order valence-corrected chi connectivity index (χ0v) is 22.5. The minimum absolute atomic E-state index is 0.0772. The Labute approximate surface area is 229 Å². The molecule has 0 spiro atoms. The molecule has 2 aliphatic rings. The van der Waals surface area contributed by atoms with Gasteiger partial charge in [-0.15, -0.1) is 11.3 Å². The van der Waals surface area contributed by atoms with Crippen molar-refractivity contribution in [3.05, 3.63) is 122 Å². The Balaban J connectivity index is 1.30. The number of Topliss-reactive ketones (excluding diaryl/α,β-unsaturated/α-hetero) is 1. The van der Waals surface area contributed by atoms with Crippen molar-refractivity contribution in [2.24, 2.45) is 0 Å². The Morgan fingerprint density at radius 1 is 0.921 bits per heavy atom. The Hall–Kier alpha value is -3.84. The second kappa shape index (κ2) is 8.60. The third-order valence-corrected chi connectivity index (χ3v) is 9.41. The summed E-state index contributed by atoms with van der Waals surface area (Å²) >= 11 is 3.09. The zero-order chi connectivity index (χ0) is 26.0. The molecule has 1 atom stereocenters. The van der Waals surface area contributed by atoms with E-state index in [1.165, 1.54) is 22.5 Å². The maximum atomic E-state index is 12.9. The summed E-state index contributed by atoms with van der Waals surface area (Å²) in [7, 11) is 0. The van der Waals surface area contributed by atoms with Crippen LogP contribution in [0.3, 0.4) is 0 Å². The monoisotopic (exact) mass is 532 g/mol. The van der Waals surface area contributed by atoms with E-state index in [0.717, 1.165) is 38.1 Å². The third-order valence-electron chi connectivity index (χ3n) is 7.56. The van der Waals surface area contributed by atoms with Gasteiger partial charge in [-0.3, -0.25) is 9.78 Å². The molecule has 1 unspecified atom stereocenters. The minimum atomic E-state index is -0.858. The molecule has 2 aromatic carbocycles. The van der Waals surface area contributed by atoms with E-state index in [1.807, 2.05) is 35.2 Å². The van der Waals surface area contributed by atoms with Crippen LogP contribution in [-0.4, -0.2) is 15.9 Å². The van der Waals surface area contributed by atoms with Gasteiger partial charge in [0.05, 0.1) is 22.5 Å². The van der Waals surface area contributed by atoms with Gasteiger partial charge in [-0.1, -0.05) is 50.2 Å². The highest BCUT2D eigenvalue weighted by Gasteiger charge is 2.40. The number of carbonyl (C=O) groups is 1. The number of pyridine rings is 1. The van der Waals surface area contributed by atoms with Crippen LogP contribution < -0.4 is 4.90 Å². The van der Waals surface area contributed by atoms with Crippen molar-refractivity contribution < 1.29 is 9.90 Å². The second-order valence-corrected chi connectivity index (χ2v) is 12.0. The maximum absolute atomic E-state index is 12.9. The van der Waals surface area contributed by atoms with Crippen molar-refractivity contribution >= 4 is 51.6 Å². The number of fused-ring (bicyclic) bond motifs is 4. The van der Waals surface area contributed by atoms with Crippen LogP contribution in [0.1, 0.15) is 51.9 Å². The van der Waals surface area contributed by atoms with Crippen molar-refractivity contribution in [2.45, 2.75) is 25.4 Å². The molecule has 7 rings (SSSR count). The zero-order valence-electron chi connectivity index (χ0n) is 20.9. The van der Waals surface area contributed by atoms with Crippen LogP contribution in [0.4, 0.5) is 17.1 Å². The average molecular weight is 533 g/mol. The van der Waals surface area contributed by atoms with Gasteiger partial charge in [0, 0.05) is 43.7 Å². The molecule has 2 aliphatic carbocycles. The highest BCUT2D eigenvalue weighted by molar-refractivity contribution is 7.16. The Morgan fingerprint density at radius 2 is 1.61 bits per heavy atom. The van der Waals surface area contributed by atoms with E-state index < -0.39 is 6.10 Å². The van der Waals surface area contributed by atoms with Crippen LogP contribution in [0.5, 0.6) is 0 Å². The van der Waals surface area contributed by atoms with Crippen LogP contribution in [0.15, 0.2) is 95.3 Å². The van der Waals surface area contributed by atoms with Gasteiger partial charge in [0.15, 0.2) is 5.78 Å². The molecule has 0 bridgehead atoms. The molecule has 5 aromatic rings. The molecule has 38 heavy (non-hydrogen) atoms. The number of anilines is 3. The number of hydrogen-bond donors (Lipinski definition) is 1. The summed E-state index contributed by atoms with van der Waals surface area (Å²) in [5.41, 5.74) is 8.08. The van der Waals surface area contributed by atoms with E-state index in [9.17, 15) is 9.90 Å². The number of ketones is 1. The number of aromatic nitrogens is 1. The summed E-state index contributed by atoms with van der Waals surface area (Å²) in [6.07, 6.45) is 2.95. The Kier molecular flexibility index (Phi) is 5.27. The van der Waals surface area contributed by atoms with Crippen molar-refractivity contribution in [2.75, 3.05) is 4.90 Å².